The fraction of sp³-hybridized carbons (Fsp3) is 0.185. The second-order valence-electron chi connectivity index (χ2n) is 8.37. The molecule has 1 aromatic heterocycles. The first-order chi connectivity index (χ1) is 16.1. The van der Waals surface area contributed by atoms with Crippen molar-refractivity contribution >= 4 is 28.5 Å². The number of aliphatic hydroxyl groups is 1. The van der Waals surface area contributed by atoms with Gasteiger partial charge in [0.15, 0.2) is 0 Å². The van der Waals surface area contributed by atoms with Crippen LogP contribution >= 0.6 is 0 Å². The molecule has 1 heterocycles. The Bertz CT molecular complexity index is 1340. The summed E-state index contributed by atoms with van der Waals surface area (Å²) in [5, 5.41) is 13.1. The summed E-state index contributed by atoms with van der Waals surface area (Å²) in [6.45, 7) is -0.0528. The first-order valence-electron chi connectivity index (χ1n) is 10.9. The summed E-state index contributed by atoms with van der Waals surface area (Å²) in [4.78, 5) is 28.7. The number of ether oxygens (including phenoxy) is 1. The van der Waals surface area contributed by atoms with Gasteiger partial charge in [-0.2, -0.15) is 0 Å². The molecule has 6 nitrogen and oxygen atoms in total. The molecule has 33 heavy (non-hydrogen) atoms. The quantitative estimate of drug-likeness (QED) is 0.374. The Morgan fingerprint density at radius 1 is 1.06 bits per heavy atom. The molecule has 5 rings (SSSR count). The molecule has 3 aromatic carbocycles. The average molecular weight is 440 g/mol. The fourth-order valence-corrected chi connectivity index (χ4v) is 4.37. The van der Waals surface area contributed by atoms with Crippen LogP contribution in [0.15, 0.2) is 72.8 Å². The lowest BCUT2D eigenvalue weighted by atomic mass is 10.1. The van der Waals surface area contributed by atoms with Crippen molar-refractivity contribution < 1.29 is 19.4 Å². The maximum atomic E-state index is 12.9. The summed E-state index contributed by atoms with van der Waals surface area (Å²) in [5.41, 5.74) is 5.30. The average Bonchev–Trinajstić information content (AvgIpc) is 3.55. The number of methoxy groups -OCH3 is 1. The number of amides is 1. The second-order valence-corrected chi connectivity index (χ2v) is 8.37. The molecular formula is C27H24N2O4. The summed E-state index contributed by atoms with van der Waals surface area (Å²) >= 11 is 0. The Kier molecular flexibility index (Phi) is 5.44. The van der Waals surface area contributed by atoms with Crippen LogP contribution in [0, 0.1) is 5.92 Å². The molecule has 1 saturated carbocycles. The van der Waals surface area contributed by atoms with Crippen molar-refractivity contribution in [2.45, 2.75) is 18.9 Å². The van der Waals surface area contributed by atoms with Crippen molar-refractivity contribution in [2.75, 3.05) is 12.4 Å². The highest BCUT2D eigenvalue weighted by atomic mass is 16.5. The molecule has 2 atom stereocenters. The zero-order chi connectivity index (χ0) is 22.9. The number of carbonyl (C=O) groups excluding carboxylic acids is 2. The number of anilines is 1. The monoisotopic (exact) mass is 440 g/mol. The number of carbonyl (C=O) groups is 2. The third kappa shape index (κ3) is 4.13. The van der Waals surface area contributed by atoms with E-state index in [1.54, 1.807) is 6.07 Å². The number of aliphatic hydroxyl groups excluding tert-OH is 1. The molecule has 0 aliphatic heterocycles. The van der Waals surface area contributed by atoms with Crippen molar-refractivity contribution in [3.8, 4) is 11.3 Å². The molecule has 0 bridgehead atoms. The van der Waals surface area contributed by atoms with Crippen molar-refractivity contribution in [2.24, 2.45) is 5.92 Å². The van der Waals surface area contributed by atoms with Gasteiger partial charge < -0.3 is 20.1 Å². The van der Waals surface area contributed by atoms with E-state index in [2.05, 4.69) is 10.3 Å². The van der Waals surface area contributed by atoms with Gasteiger partial charge in [0.25, 0.3) is 0 Å². The number of hydrogen-bond acceptors (Lipinski definition) is 4. The number of benzene rings is 3. The van der Waals surface area contributed by atoms with E-state index in [9.17, 15) is 14.7 Å². The molecule has 6 heteroatoms. The van der Waals surface area contributed by atoms with Gasteiger partial charge in [-0.05, 0) is 53.3 Å². The minimum Gasteiger partial charge on any atom is -0.465 e. The lowest BCUT2D eigenvalue weighted by Gasteiger charge is -2.08. The summed E-state index contributed by atoms with van der Waals surface area (Å²) < 4.78 is 4.99. The number of aromatic amines is 1. The smallest absolute Gasteiger partial charge is 0.338 e. The standard InChI is InChI=1S/C27H24N2O4/c1-33-27(32)23-11-19(28-26(31)22-13-20(22)17-7-3-2-4-8-17)12-25-21(23)14-24(29-25)18-9-5-6-16(10-18)15-30/h2-12,14,20,22,29-30H,13,15H2,1H3,(H,28,31)/t20-,22?/m0/s1. The van der Waals surface area contributed by atoms with Crippen LogP contribution in [-0.2, 0) is 16.1 Å². The van der Waals surface area contributed by atoms with E-state index in [1.807, 2.05) is 66.7 Å². The molecule has 0 saturated heterocycles. The topological polar surface area (TPSA) is 91.4 Å². The SMILES string of the molecule is COC(=O)c1cc(NC(=O)C2C[C@H]2c2ccccc2)cc2[nH]c(-c3cccc(CO)c3)cc12. The van der Waals surface area contributed by atoms with E-state index in [-0.39, 0.29) is 24.3 Å². The van der Waals surface area contributed by atoms with Gasteiger partial charge >= 0.3 is 5.97 Å². The molecule has 0 radical (unpaired) electrons. The highest BCUT2D eigenvalue weighted by Crippen LogP contribution is 2.48. The Morgan fingerprint density at radius 2 is 1.88 bits per heavy atom. The first kappa shape index (κ1) is 21.0. The molecule has 1 unspecified atom stereocenters. The Balaban J connectivity index is 1.45. The Morgan fingerprint density at radius 3 is 2.64 bits per heavy atom. The third-order valence-corrected chi connectivity index (χ3v) is 6.19. The van der Waals surface area contributed by atoms with E-state index < -0.39 is 5.97 Å². The summed E-state index contributed by atoms with van der Waals surface area (Å²) in [5.74, 6) is -0.378. The number of fused-ring (bicyclic) bond motifs is 1. The molecule has 3 N–H and O–H groups in total. The van der Waals surface area contributed by atoms with Crippen molar-refractivity contribution in [1.29, 1.82) is 0 Å². The van der Waals surface area contributed by atoms with Gasteiger partial charge in [-0.15, -0.1) is 0 Å². The normalized spacial score (nSPS) is 17.0. The lowest BCUT2D eigenvalue weighted by Crippen LogP contribution is -2.15. The van der Waals surface area contributed by atoms with Gasteiger partial charge in [-0.25, -0.2) is 4.79 Å². The molecule has 166 valence electrons. The highest BCUT2D eigenvalue weighted by molar-refractivity contribution is 6.08. The number of nitrogens with one attached hydrogen (secondary N) is 2. The van der Waals surface area contributed by atoms with Crippen LogP contribution in [0.5, 0.6) is 0 Å². The minimum absolute atomic E-state index is 0.0528. The molecule has 1 amide bonds. The third-order valence-electron chi connectivity index (χ3n) is 6.19. The van der Waals surface area contributed by atoms with Crippen molar-refractivity contribution in [3.63, 3.8) is 0 Å². The molecule has 4 aromatic rings. The van der Waals surface area contributed by atoms with Gasteiger partial charge in [0.05, 0.1) is 19.3 Å². The number of esters is 1. The van der Waals surface area contributed by atoms with Gasteiger partial charge in [0.2, 0.25) is 5.91 Å². The maximum absolute atomic E-state index is 12.9. The first-order valence-corrected chi connectivity index (χ1v) is 10.9. The molecule has 1 aliphatic carbocycles. The summed E-state index contributed by atoms with van der Waals surface area (Å²) in [6.07, 6.45) is 0.815. The highest BCUT2D eigenvalue weighted by Gasteiger charge is 2.43. The van der Waals surface area contributed by atoms with Gasteiger partial charge in [-0.1, -0.05) is 48.5 Å². The predicted molar refractivity (Wildman–Crippen MR) is 127 cm³/mol. The minimum atomic E-state index is -0.473. The van der Waals surface area contributed by atoms with Gasteiger partial charge in [0, 0.05) is 28.2 Å². The lowest BCUT2D eigenvalue weighted by molar-refractivity contribution is -0.117. The van der Waals surface area contributed by atoms with Crippen LogP contribution < -0.4 is 5.32 Å². The van der Waals surface area contributed by atoms with Crippen LogP contribution in [0.25, 0.3) is 22.2 Å². The number of hydrogen-bond donors (Lipinski definition) is 3. The summed E-state index contributed by atoms with van der Waals surface area (Å²) in [6, 6.07) is 23.0. The van der Waals surface area contributed by atoms with Crippen molar-refractivity contribution in [1.82, 2.24) is 4.98 Å². The van der Waals surface area contributed by atoms with Crippen LogP contribution in [0.4, 0.5) is 5.69 Å². The number of aromatic nitrogens is 1. The number of H-pyrrole nitrogens is 1. The zero-order valence-corrected chi connectivity index (χ0v) is 18.2. The maximum Gasteiger partial charge on any atom is 0.338 e. The predicted octanol–water partition coefficient (Wildman–Crippen LogP) is 4.86. The van der Waals surface area contributed by atoms with E-state index >= 15 is 0 Å². The molecule has 1 fully saturated rings. The van der Waals surface area contributed by atoms with E-state index in [0.717, 1.165) is 23.2 Å². The van der Waals surface area contributed by atoms with Gasteiger partial charge in [-0.3, -0.25) is 4.79 Å². The van der Waals surface area contributed by atoms with E-state index in [4.69, 9.17) is 4.74 Å². The van der Waals surface area contributed by atoms with Crippen LogP contribution in [0.3, 0.4) is 0 Å². The molecule has 0 spiro atoms. The summed E-state index contributed by atoms with van der Waals surface area (Å²) in [7, 11) is 1.34. The van der Waals surface area contributed by atoms with Crippen LogP contribution in [0.2, 0.25) is 0 Å². The fourth-order valence-electron chi connectivity index (χ4n) is 4.37. The zero-order valence-electron chi connectivity index (χ0n) is 18.2. The van der Waals surface area contributed by atoms with E-state index in [1.165, 1.54) is 12.7 Å². The Hall–Kier alpha value is -3.90. The van der Waals surface area contributed by atoms with Gasteiger partial charge in [0.1, 0.15) is 0 Å². The number of rotatable bonds is 6. The van der Waals surface area contributed by atoms with Crippen LogP contribution in [0.1, 0.15) is 33.8 Å². The van der Waals surface area contributed by atoms with E-state index in [0.29, 0.717) is 22.2 Å². The Labute approximate surface area is 191 Å². The largest absolute Gasteiger partial charge is 0.465 e. The molecule has 1 aliphatic rings. The van der Waals surface area contributed by atoms with Crippen LogP contribution in [-0.4, -0.2) is 29.1 Å². The second kappa shape index (κ2) is 8.56. The van der Waals surface area contributed by atoms with Crippen molar-refractivity contribution in [3.05, 3.63) is 89.5 Å². The molecular weight excluding hydrogens is 416 g/mol.